The van der Waals surface area contributed by atoms with Gasteiger partial charge in [0.05, 0.1) is 21.0 Å². The normalized spacial score (nSPS) is 11.7. The summed E-state index contributed by atoms with van der Waals surface area (Å²) in [7, 11) is 0. The predicted molar refractivity (Wildman–Crippen MR) is 165 cm³/mol. The van der Waals surface area contributed by atoms with Crippen molar-refractivity contribution in [3.05, 3.63) is 99.2 Å². The van der Waals surface area contributed by atoms with Gasteiger partial charge in [0.25, 0.3) is 0 Å². The van der Waals surface area contributed by atoms with Gasteiger partial charge in [-0.25, -0.2) is 0 Å². The van der Waals surface area contributed by atoms with Crippen LogP contribution in [-0.4, -0.2) is 22.6 Å². The Morgan fingerprint density at radius 3 is 1.20 bits per heavy atom. The first-order chi connectivity index (χ1) is 20.9. The van der Waals surface area contributed by atoms with Gasteiger partial charge in [0.15, 0.2) is 0 Å². The van der Waals surface area contributed by atoms with Gasteiger partial charge in [0.1, 0.15) is 18.6 Å². The zero-order valence-corrected chi connectivity index (χ0v) is 26.9. The average Bonchev–Trinajstić information content (AvgIpc) is 2.91. The van der Waals surface area contributed by atoms with Gasteiger partial charge < -0.3 is 14.2 Å². The Labute approximate surface area is 276 Å². The molecule has 0 spiro atoms. The van der Waals surface area contributed by atoms with Gasteiger partial charge in [-0.3, -0.25) is 20.2 Å². The van der Waals surface area contributed by atoms with Crippen LogP contribution in [0, 0.1) is 41.2 Å². The Balaban J connectivity index is 2.05. The maximum atomic E-state index is 13.5. The van der Waals surface area contributed by atoms with Gasteiger partial charge in [-0.2, -0.15) is 0 Å². The molecule has 4 aromatic carbocycles. The number of aryl methyl sites for hydroxylation is 2. The third-order valence-corrected chi connectivity index (χ3v) is 8.11. The van der Waals surface area contributed by atoms with Crippen LogP contribution in [0.15, 0.2) is 60.7 Å². The maximum absolute atomic E-state index is 13.5. The number of nitrogens with zero attached hydrogens (tertiary/aromatic N) is 2. The molecule has 0 aliphatic heterocycles. The Morgan fingerprint density at radius 2 is 0.933 bits per heavy atom. The summed E-state index contributed by atoms with van der Waals surface area (Å²) in [6.45, 7) is 3.42. The lowest BCUT2D eigenvalue weighted by molar-refractivity contribution is -0.388. The molecule has 0 saturated heterocycles. The number of hydrogen-bond donors (Lipinski definition) is 0. The summed E-state index contributed by atoms with van der Waals surface area (Å²) in [4.78, 5) is 22.0. The molecule has 0 saturated carbocycles. The van der Waals surface area contributed by atoms with Crippen LogP contribution in [0.4, 0.5) is 37.7 Å². The van der Waals surface area contributed by atoms with Crippen molar-refractivity contribution in [1.29, 1.82) is 0 Å². The van der Waals surface area contributed by atoms with Gasteiger partial charge >= 0.3 is 24.1 Å². The summed E-state index contributed by atoms with van der Waals surface area (Å²) in [6.07, 6.45) is -10.8. The summed E-state index contributed by atoms with van der Waals surface area (Å²) in [5.74, 6) is -3.45. The smallest absolute Gasteiger partial charge is 0.455 e. The zero-order chi connectivity index (χ0) is 33.4. The molecule has 0 heterocycles. The summed E-state index contributed by atoms with van der Waals surface area (Å²) < 4.78 is 93.8. The SMILES string of the molecule is Cc1ccc(-c2cc(Oc3cc(-c4ccc(C)cc4)c([N+](=O)[O-])c(OC(F)(F)F)c3I)c(I)c(OC(F)(F)F)c2[N+](=O)[O-])cc1. The summed E-state index contributed by atoms with van der Waals surface area (Å²) in [5, 5.41) is 24.1. The lowest BCUT2D eigenvalue weighted by atomic mass is 10.0. The fraction of sp³-hybridized carbons (Fsp3) is 0.143. The standard InChI is InChI=1S/C28H16F6I2N2O7/c1-13-3-7-15(8-4-13)17-11-19(21(35)25(23(17)37(39)40)44-27(29,30)31)43-20-12-18(16-9-5-14(2)6-10-16)24(38(41)42)26(22(20)36)45-28(32,33)34/h3-12H,1-2H3. The lowest BCUT2D eigenvalue weighted by Gasteiger charge is -2.19. The van der Waals surface area contributed by atoms with Crippen LogP contribution in [0.2, 0.25) is 0 Å². The van der Waals surface area contributed by atoms with E-state index in [1.807, 2.05) is 0 Å². The molecule has 17 heteroatoms. The predicted octanol–water partition coefficient (Wildman–Crippen LogP) is 10.3. The van der Waals surface area contributed by atoms with E-state index < -0.39 is 64.1 Å². The molecule has 4 rings (SSSR count). The van der Waals surface area contributed by atoms with Crippen molar-refractivity contribution in [3.8, 4) is 45.3 Å². The van der Waals surface area contributed by atoms with E-state index in [2.05, 4.69) is 9.47 Å². The van der Waals surface area contributed by atoms with Crippen LogP contribution in [0.1, 0.15) is 11.1 Å². The number of hydrogen-bond acceptors (Lipinski definition) is 7. The minimum Gasteiger partial charge on any atom is -0.455 e. The van der Waals surface area contributed by atoms with Crippen molar-refractivity contribution in [2.24, 2.45) is 0 Å². The second kappa shape index (κ2) is 12.9. The molecule has 0 aliphatic carbocycles. The van der Waals surface area contributed by atoms with Crippen molar-refractivity contribution < 1.29 is 50.4 Å². The molecule has 0 amide bonds. The molecule has 45 heavy (non-hydrogen) atoms. The third-order valence-electron chi connectivity index (χ3n) is 6.07. The second-order valence-electron chi connectivity index (χ2n) is 9.27. The average molecular weight is 860 g/mol. The van der Waals surface area contributed by atoms with E-state index in [0.29, 0.717) is 0 Å². The number of rotatable bonds is 8. The minimum atomic E-state index is -5.39. The zero-order valence-electron chi connectivity index (χ0n) is 22.5. The Bertz CT molecular complexity index is 1670. The summed E-state index contributed by atoms with van der Waals surface area (Å²) in [5.41, 5.74) is -1.16. The lowest BCUT2D eigenvalue weighted by Crippen LogP contribution is -2.19. The Hall–Kier alpha value is -3.88. The topological polar surface area (TPSA) is 114 Å². The molecule has 0 fully saturated rings. The van der Waals surface area contributed by atoms with Gasteiger partial charge in [-0.15, -0.1) is 26.3 Å². The number of nitro benzene ring substituents is 2. The molecule has 0 aromatic heterocycles. The first-order valence-corrected chi connectivity index (χ1v) is 14.4. The molecule has 0 unspecified atom stereocenters. The van der Waals surface area contributed by atoms with E-state index in [1.54, 1.807) is 38.1 Å². The van der Waals surface area contributed by atoms with Crippen LogP contribution in [-0.2, 0) is 0 Å². The summed E-state index contributed by atoms with van der Waals surface area (Å²) >= 11 is 2.63. The van der Waals surface area contributed by atoms with Gasteiger partial charge in [-0.05, 0) is 82.3 Å². The summed E-state index contributed by atoms with van der Waals surface area (Å²) in [6, 6.07) is 13.9. The van der Waals surface area contributed by atoms with Crippen LogP contribution in [0.25, 0.3) is 22.3 Å². The van der Waals surface area contributed by atoms with Gasteiger partial charge in [-0.1, -0.05) is 59.7 Å². The molecular weight excluding hydrogens is 844 g/mol. The molecule has 4 aromatic rings. The van der Waals surface area contributed by atoms with Crippen molar-refractivity contribution in [2.45, 2.75) is 26.6 Å². The molecule has 9 nitrogen and oxygen atoms in total. The highest BCUT2D eigenvalue weighted by atomic mass is 127. The Morgan fingerprint density at radius 1 is 0.622 bits per heavy atom. The van der Waals surface area contributed by atoms with Gasteiger partial charge in [0, 0.05) is 0 Å². The highest BCUT2D eigenvalue weighted by Gasteiger charge is 2.41. The number of benzene rings is 4. The van der Waals surface area contributed by atoms with E-state index in [4.69, 9.17) is 4.74 Å². The fourth-order valence-electron chi connectivity index (χ4n) is 4.16. The molecular formula is C28H16F6I2N2O7. The molecule has 0 atom stereocenters. The van der Waals surface area contributed by atoms with E-state index in [-0.39, 0.29) is 22.3 Å². The van der Waals surface area contributed by atoms with Crippen molar-refractivity contribution in [3.63, 3.8) is 0 Å². The highest BCUT2D eigenvalue weighted by Crippen LogP contribution is 2.52. The van der Waals surface area contributed by atoms with Gasteiger partial charge in [0.2, 0.25) is 11.5 Å². The molecule has 0 radical (unpaired) electrons. The van der Waals surface area contributed by atoms with E-state index in [1.165, 1.54) is 69.4 Å². The number of nitro groups is 2. The van der Waals surface area contributed by atoms with E-state index in [9.17, 15) is 46.6 Å². The second-order valence-corrected chi connectivity index (χ2v) is 11.4. The molecule has 0 N–H and O–H groups in total. The fourth-order valence-corrected chi connectivity index (χ4v) is 5.42. The quantitative estimate of drug-likeness (QED) is 0.0750. The monoisotopic (exact) mass is 860 g/mol. The third kappa shape index (κ3) is 7.86. The maximum Gasteiger partial charge on any atom is 0.573 e. The van der Waals surface area contributed by atoms with Crippen molar-refractivity contribution in [2.75, 3.05) is 0 Å². The van der Waals surface area contributed by atoms with Crippen molar-refractivity contribution in [1.82, 2.24) is 0 Å². The molecule has 0 aliphatic rings. The number of alkyl halides is 6. The molecule has 236 valence electrons. The van der Waals surface area contributed by atoms with E-state index in [0.717, 1.165) is 23.3 Å². The van der Waals surface area contributed by atoms with Crippen LogP contribution in [0.3, 0.4) is 0 Å². The largest absolute Gasteiger partial charge is 0.573 e. The van der Waals surface area contributed by atoms with Crippen molar-refractivity contribution >= 4 is 56.6 Å². The number of halogens is 8. The van der Waals surface area contributed by atoms with Crippen LogP contribution in [0.5, 0.6) is 23.0 Å². The first kappa shape index (κ1) is 34.0. The highest BCUT2D eigenvalue weighted by molar-refractivity contribution is 14.1. The Kier molecular flexibility index (Phi) is 9.71. The number of ether oxygens (including phenoxy) is 3. The van der Waals surface area contributed by atoms with Crippen LogP contribution < -0.4 is 14.2 Å². The molecule has 0 bridgehead atoms. The minimum absolute atomic E-state index is 0.0976. The van der Waals surface area contributed by atoms with E-state index >= 15 is 0 Å². The van der Waals surface area contributed by atoms with Crippen LogP contribution >= 0.6 is 45.2 Å². The first-order valence-electron chi connectivity index (χ1n) is 12.2.